The van der Waals surface area contributed by atoms with E-state index in [2.05, 4.69) is 18.8 Å². The molecule has 3 nitrogen and oxygen atoms in total. The summed E-state index contributed by atoms with van der Waals surface area (Å²) in [5, 5.41) is 0.778. The van der Waals surface area contributed by atoms with Crippen molar-refractivity contribution >= 4 is 11.6 Å². The van der Waals surface area contributed by atoms with Crippen molar-refractivity contribution in [3.63, 3.8) is 0 Å². The van der Waals surface area contributed by atoms with Crippen LogP contribution in [0.1, 0.15) is 43.4 Å². The Morgan fingerprint density at radius 2 is 2.26 bits per heavy atom. The number of halogens is 1. The van der Waals surface area contributed by atoms with E-state index < -0.39 is 0 Å². The van der Waals surface area contributed by atoms with E-state index >= 15 is 0 Å². The lowest BCUT2D eigenvalue weighted by Gasteiger charge is -2.15. The first-order chi connectivity index (χ1) is 9.10. The van der Waals surface area contributed by atoms with Gasteiger partial charge in [0.05, 0.1) is 11.7 Å². The van der Waals surface area contributed by atoms with Gasteiger partial charge in [0.25, 0.3) is 0 Å². The maximum Gasteiger partial charge on any atom is 0.124 e. The van der Waals surface area contributed by atoms with Crippen molar-refractivity contribution in [1.82, 2.24) is 9.97 Å². The zero-order chi connectivity index (χ0) is 13.6. The SMILES string of the molecule is CCC(C)C(N)c1nc2c([nH]1)Cc1cc(Cl)ccc1-2. The monoisotopic (exact) mass is 275 g/mol. The largest absolute Gasteiger partial charge is 0.344 e. The Bertz CT molecular complexity index is 618. The average molecular weight is 276 g/mol. The standard InChI is InChI=1S/C15H18ClN3/c1-3-8(2)13(17)15-18-12-7-9-6-10(16)4-5-11(9)14(12)19-15/h4-6,8,13H,3,7,17H2,1-2H3,(H,18,19). The molecule has 2 unspecified atom stereocenters. The van der Waals surface area contributed by atoms with Crippen LogP contribution in [0, 0.1) is 5.92 Å². The van der Waals surface area contributed by atoms with Crippen molar-refractivity contribution < 1.29 is 0 Å². The van der Waals surface area contributed by atoms with Gasteiger partial charge < -0.3 is 10.7 Å². The van der Waals surface area contributed by atoms with E-state index in [0.29, 0.717) is 5.92 Å². The third-order valence-corrected chi connectivity index (χ3v) is 4.29. The average Bonchev–Trinajstić information content (AvgIpc) is 2.93. The van der Waals surface area contributed by atoms with Crippen molar-refractivity contribution in [3.05, 3.63) is 40.3 Å². The number of benzene rings is 1. The molecule has 0 amide bonds. The Kier molecular flexibility index (Phi) is 3.11. The molecule has 1 heterocycles. The van der Waals surface area contributed by atoms with Gasteiger partial charge in [-0.05, 0) is 23.6 Å². The van der Waals surface area contributed by atoms with E-state index in [0.717, 1.165) is 35.1 Å². The highest BCUT2D eigenvalue weighted by molar-refractivity contribution is 6.30. The number of nitrogens with zero attached hydrogens (tertiary/aromatic N) is 1. The van der Waals surface area contributed by atoms with Gasteiger partial charge in [-0.3, -0.25) is 0 Å². The fourth-order valence-corrected chi connectivity index (χ4v) is 2.79. The fraction of sp³-hybridized carbons (Fsp3) is 0.400. The molecule has 2 atom stereocenters. The number of H-pyrrole nitrogens is 1. The molecule has 3 rings (SSSR count). The first kappa shape index (κ1) is 12.7. The summed E-state index contributed by atoms with van der Waals surface area (Å²) in [6.07, 6.45) is 1.92. The molecule has 0 saturated carbocycles. The molecule has 3 N–H and O–H groups in total. The van der Waals surface area contributed by atoms with Gasteiger partial charge in [0.1, 0.15) is 5.82 Å². The molecule has 0 radical (unpaired) electrons. The summed E-state index contributed by atoms with van der Waals surface area (Å²) in [6.45, 7) is 4.31. The third-order valence-electron chi connectivity index (χ3n) is 4.06. The second-order valence-corrected chi connectivity index (χ2v) is 5.78. The van der Waals surface area contributed by atoms with Gasteiger partial charge in [-0.25, -0.2) is 4.98 Å². The molecule has 19 heavy (non-hydrogen) atoms. The van der Waals surface area contributed by atoms with E-state index in [1.807, 2.05) is 18.2 Å². The van der Waals surface area contributed by atoms with Gasteiger partial charge in [-0.1, -0.05) is 37.9 Å². The lowest BCUT2D eigenvalue weighted by Crippen LogP contribution is -2.20. The van der Waals surface area contributed by atoms with E-state index in [-0.39, 0.29) is 6.04 Å². The number of hydrogen-bond acceptors (Lipinski definition) is 2. The molecular weight excluding hydrogens is 258 g/mol. The zero-order valence-corrected chi connectivity index (χ0v) is 12.0. The van der Waals surface area contributed by atoms with Crippen molar-refractivity contribution in [2.24, 2.45) is 11.7 Å². The van der Waals surface area contributed by atoms with Crippen molar-refractivity contribution in [3.8, 4) is 11.3 Å². The van der Waals surface area contributed by atoms with Gasteiger partial charge >= 0.3 is 0 Å². The molecule has 0 spiro atoms. The summed E-state index contributed by atoms with van der Waals surface area (Å²) in [6, 6.07) is 5.95. The highest BCUT2D eigenvalue weighted by atomic mass is 35.5. The molecule has 0 aliphatic heterocycles. The second-order valence-electron chi connectivity index (χ2n) is 5.34. The van der Waals surface area contributed by atoms with E-state index in [4.69, 9.17) is 22.3 Å². The number of nitrogens with one attached hydrogen (secondary N) is 1. The number of imidazole rings is 1. The van der Waals surface area contributed by atoms with Crippen molar-refractivity contribution in [2.75, 3.05) is 0 Å². The third kappa shape index (κ3) is 2.07. The van der Waals surface area contributed by atoms with Crippen LogP contribution in [0.3, 0.4) is 0 Å². The van der Waals surface area contributed by atoms with Gasteiger partial charge in [-0.15, -0.1) is 0 Å². The summed E-state index contributed by atoms with van der Waals surface area (Å²) in [5.74, 6) is 1.33. The smallest absolute Gasteiger partial charge is 0.124 e. The molecule has 2 aromatic rings. The van der Waals surface area contributed by atoms with Crippen LogP contribution in [0.25, 0.3) is 11.3 Å². The van der Waals surface area contributed by atoms with Crippen LogP contribution < -0.4 is 5.73 Å². The van der Waals surface area contributed by atoms with E-state index in [1.54, 1.807) is 0 Å². The summed E-state index contributed by atoms with van der Waals surface area (Å²) in [5.41, 5.74) is 10.9. The number of aromatic amines is 1. The summed E-state index contributed by atoms with van der Waals surface area (Å²) in [7, 11) is 0. The molecular formula is C15H18ClN3. The molecule has 1 aromatic heterocycles. The van der Waals surface area contributed by atoms with Gasteiger partial charge in [-0.2, -0.15) is 0 Å². The minimum Gasteiger partial charge on any atom is -0.344 e. The number of aromatic nitrogens is 2. The summed E-state index contributed by atoms with van der Waals surface area (Å²) in [4.78, 5) is 8.10. The van der Waals surface area contributed by atoms with Crippen LogP contribution in [0.15, 0.2) is 18.2 Å². The van der Waals surface area contributed by atoms with Crippen LogP contribution in [-0.2, 0) is 6.42 Å². The molecule has 0 bridgehead atoms. The van der Waals surface area contributed by atoms with Crippen LogP contribution in [-0.4, -0.2) is 9.97 Å². The van der Waals surface area contributed by atoms with Crippen molar-refractivity contribution in [2.45, 2.75) is 32.7 Å². The maximum atomic E-state index is 6.24. The van der Waals surface area contributed by atoms with E-state index in [1.165, 1.54) is 11.1 Å². The van der Waals surface area contributed by atoms with Crippen LogP contribution in [0.4, 0.5) is 0 Å². The van der Waals surface area contributed by atoms with Crippen LogP contribution in [0.2, 0.25) is 5.02 Å². The quantitative estimate of drug-likeness (QED) is 0.766. The van der Waals surface area contributed by atoms with Gasteiger partial charge in [0, 0.05) is 22.7 Å². The molecule has 0 fully saturated rings. The predicted octanol–water partition coefficient (Wildman–Crippen LogP) is 3.68. The second kappa shape index (κ2) is 4.66. The number of nitrogens with two attached hydrogens (primary N) is 1. The molecule has 4 heteroatoms. The first-order valence-corrected chi connectivity index (χ1v) is 7.11. The fourth-order valence-electron chi connectivity index (χ4n) is 2.59. The maximum absolute atomic E-state index is 6.24. The van der Waals surface area contributed by atoms with Crippen LogP contribution in [0.5, 0.6) is 0 Å². The Morgan fingerprint density at radius 3 is 3.00 bits per heavy atom. The number of rotatable bonds is 3. The molecule has 1 aliphatic rings. The lowest BCUT2D eigenvalue weighted by molar-refractivity contribution is 0.441. The van der Waals surface area contributed by atoms with Gasteiger partial charge in [0.2, 0.25) is 0 Å². The number of fused-ring (bicyclic) bond motifs is 3. The minimum atomic E-state index is -0.0219. The minimum absolute atomic E-state index is 0.0219. The first-order valence-electron chi connectivity index (χ1n) is 6.73. The summed E-state index contributed by atoms with van der Waals surface area (Å²) >= 11 is 6.02. The van der Waals surface area contributed by atoms with E-state index in [9.17, 15) is 0 Å². The lowest BCUT2D eigenvalue weighted by atomic mass is 10.00. The molecule has 1 aromatic carbocycles. The predicted molar refractivity (Wildman–Crippen MR) is 78.2 cm³/mol. The number of hydrogen-bond donors (Lipinski definition) is 2. The molecule has 1 aliphatic carbocycles. The van der Waals surface area contributed by atoms with Gasteiger partial charge in [0.15, 0.2) is 0 Å². The Morgan fingerprint density at radius 1 is 1.47 bits per heavy atom. The normalized spacial score (nSPS) is 16.0. The molecule has 100 valence electrons. The zero-order valence-electron chi connectivity index (χ0n) is 11.2. The Labute approximate surface area is 118 Å². The highest BCUT2D eigenvalue weighted by Crippen LogP contribution is 2.37. The topological polar surface area (TPSA) is 54.7 Å². The van der Waals surface area contributed by atoms with Crippen molar-refractivity contribution in [1.29, 1.82) is 0 Å². The Balaban J connectivity index is 1.97. The Hall–Kier alpha value is -1.32. The highest BCUT2D eigenvalue weighted by Gasteiger charge is 2.25. The summed E-state index contributed by atoms with van der Waals surface area (Å²) < 4.78 is 0. The molecule has 0 saturated heterocycles. The van der Waals surface area contributed by atoms with Crippen LogP contribution >= 0.6 is 11.6 Å².